The van der Waals surface area contributed by atoms with Gasteiger partial charge in [0, 0.05) is 8.80 Å². The van der Waals surface area contributed by atoms with Crippen molar-refractivity contribution in [2.24, 2.45) is 0 Å². The first kappa shape index (κ1) is 12.6. The van der Waals surface area contributed by atoms with Gasteiger partial charge in [-0.25, -0.2) is 0 Å². The molecule has 0 spiro atoms. The predicted octanol–water partition coefficient (Wildman–Crippen LogP) is 3.06. The van der Waals surface area contributed by atoms with Gasteiger partial charge in [0.25, 0.3) is 0 Å². The minimum absolute atomic E-state index is 0.120. The second-order valence-electron chi connectivity index (χ2n) is 1.71. The van der Waals surface area contributed by atoms with Crippen molar-refractivity contribution in [3.05, 3.63) is 0 Å². The summed E-state index contributed by atoms with van der Waals surface area (Å²) in [6, 6.07) is 0. The standard InChI is InChI=1S/C3H9Si.3ClH.Sn/c1-4(2)3;;;;/h1-3H3;3*1H;/q;;;;+3/p-3. The summed E-state index contributed by atoms with van der Waals surface area (Å²) in [5.41, 5.74) is 0. The van der Waals surface area contributed by atoms with Gasteiger partial charge in [0.2, 0.25) is 0 Å². The van der Waals surface area contributed by atoms with Crippen LogP contribution in [0.3, 0.4) is 0 Å². The van der Waals surface area contributed by atoms with Gasteiger partial charge in [-0.15, -0.1) is 0 Å². The molecule has 0 aromatic rings. The third-order valence-corrected chi connectivity index (χ3v) is 0. The molecular formula is C3H9Cl3SiSn. The Balaban J connectivity index is 0. The van der Waals surface area contributed by atoms with E-state index in [1.165, 1.54) is 0 Å². The summed E-state index contributed by atoms with van der Waals surface area (Å²) in [6.45, 7) is 6.81. The Morgan fingerprint density at radius 3 is 1.00 bits per heavy atom. The molecular weight excluding hydrogens is 289 g/mol. The van der Waals surface area contributed by atoms with Crippen LogP contribution in [0.25, 0.3) is 0 Å². The van der Waals surface area contributed by atoms with E-state index in [1.54, 1.807) is 0 Å². The fourth-order valence-electron chi connectivity index (χ4n) is 0. The zero-order valence-electron chi connectivity index (χ0n) is 5.13. The number of rotatable bonds is 0. The van der Waals surface area contributed by atoms with Crippen molar-refractivity contribution in [3.8, 4) is 0 Å². The van der Waals surface area contributed by atoms with Gasteiger partial charge in [0.15, 0.2) is 0 Å². The molecule has 0 aliphatic carbocycles. The van der Waals surface area contributed by atoms with Gasteiger partial charge in [-0.05, 0) is 0 Å². The van der Waals surface area contributed by atoms with Gasteiger partial charge in [-0.1, -0.05) is 19.6 Å². The molecule has 0 N–H and O–H groups in total. The Morgan fingerprint density at radius 1 is 1.00 bits per heavy atom. The van der Waals surface area contributed by atoms with Crippen LogP contribution >= 0.6 is 26.8 Å². The molecule has 8 heavy (non-hydrogen) atoms. The predicted molar refractivity (Wildman–Crippen MR) is 46.7 cm³/mol. The van der Waals surface area contributed by atoms with Crippen molar-refractivity contribution in [3.63, 3.8) is 0 Å². The number of hydrogen-bond donors (Lipinski definition) is 0. The molecule has 0 unspecified atom stereocenters. The fourth-order valence-corrected chi connectivity index (χ4v) is 0. The zero-order chi connectivity index (χ0) is 7.15. The molecule has 0 atom stereocenters. The Hall–Kier alpha value is 1.89. The van der Waals surface area contributed by atoms with Crippen LogP contribution in [0, 0.1) is 0 Å². The molecule has 50 valence electrons. The summed E-state index contributed by atoms with van der Waals surface area (Å²) in [5.74, 6) is 0. The van der Waals surface area contributed by atoms with Gasteiger partial charge in [-0.3, -0.25) is 0 Å². The molecule has 0 amide bonds. The van der Waals surface area contributed by atoms with Gasteiger partial charge >= 0.3 is 43.1 Å². The Kier molecular flexibility index (Phi) is 13.9. The van der Waals surface area contributed by atoms with Crippen LogP contribution in [0.4, 0.5) is 0 Å². The summed E-state index contributed by atoms with van der Waals surface area (Å²) in [4.78, 5) is 0. The Morgan fingerprint density at radius 2 is 1.00 bits per heavy atom. The van der Waals surface area contributed by atoms with Crippen LogP contribution in [0.2, 0.25) is 19.6 Å². The second-order valence-corrected chi connectivity index (χ2v) is 17.4. The van der Waals surface area contributed by atoms with Crippen molar-refractivity contribution in [2.75, 3.05) is 0 Å². The van der Waals surface area contributed by atoms with Gasteiger partial charge in [-0.2, -0.15) is 0 Å². The van der Waals surface area contributed by atoms with Crippen LogP contribution in [-0.4, -0.2) is 25.2 Å². The van der Waals surface area contributed by atoms with E-state index >= 15 is 0 Å². The number of halogens is 3. The van der Waals surface area contributed by atoms with Crippen LogP contribution in [0.15, 0.2) is 0 Å². The van der Waals surface area contributed by atoms with Gasteiger partial charge in [0.05, 0.1) is 0 Å². The molecule has 0 rings (SSSR count). The van der Waals surface area contributed by atoms with E-state index < -0.39 is 16.4 Å². The van der Waals surface area contributed by atoms with Crippen molar-refractivity contribution in [1.82, 2.24) is 0 Å². The van der Waals surface area contributed by atoms with Crippen LogP contribution < -0.4 is 0 Å². The quantitative estimate of drug-likeness (QED) is 0.603. The Labute approximate surface area is 71.0 Å². The zero-order valence-corrected chi connectivity index (χ0v) is 11.3. The topological polar surface area (TPSA) is 0 Å². The average Bonchev–Trinajstić information content (AvgIpc) is 1.25. The van der Waals surface area contributed by atoms with E-state index in [2.05, 4.69) is 19.6 Å². The molecule has 2 radical (unpaired) electrons. The summed E-state index contributed by atoms with van der Waals surface area (Å²) >= 11 is -2.13. The maximum atomic E-state index is 5.00. The fraction of sp³-hybridized carbons (Fsp3) is 1.00. The van der Waals surface area contributed by atoms with E-state index in [0.29, 0.717) is 0 Å². The first-order valence-electron chi connectivity index (χ1n) is 2.07. The van der Waals surface area contributed by atoms with E-state index in [-0.39, 0.29) is 8.80 Å². The summed E-state index contributed by atoms with van der Waals surface area (Å²) in [6.07, 6.45) is 0. The molecule has 0 bridgehead atoms. The average molecular weight is 298 g/mol. The van der Waals surface area contributed by atoms with E-state index in [9.17, 15) is 0 Å². The van der Waals surface area contributed by atoms with Crippen molar-refractivity contribution in [2.45, 2.75) is 19.6 Å². The SMILES string of the molecule is C[Si](C)C.[Cl][Sn]([Cl])[Cl]. The molecule has 0 aromatic heterocycles. The minimum atomic E-state index is -2.13. The summed E-state index contributed by atoms with van der Waals surface area (Å²) in [7, 11) is 15.1. The Bertz CT molecular complexity index is 30.0. The summed E-state index contributed by atoms with van der Waals surface area (Å²) < 4.78 is 0. The van der Waals surface area contributed by atoms with Crippen LogP contribution in [0.5, 0.6) is 0 Å². The first-order chi connectivity index (χ1) is 3.46. The molecule has 0 nitrogen and oxygen atoms in total. The normalized spacial score (nSPS) is 9.00. The summed E-state index contributed by atoms with van der Waals surface area (Å²) in [5, 5.41) is 0. The third kappa shape index (κ3) is 105. The van der Waals surface area contributed by atoms with E-state index in [0.717, 1.165) is 0 Å². The third-order valence-electron chi connectivity index (χ3n) is 0. The first-order valence-corrected chi connectivity index (χ1v) is 15.9. The molecule has 5 heteroatoms. The van der Waals surface area contributed by atoms with Gasteiger partial charge in [0.1, 0.15) is 0 Å². The monoisotopic (exact) mass is 298 g/mol. The van der Waals surface area contributed by atoms with Gasteiger partial charge < -0.3 is 0 Å². The van der Waals surface area contributed by atoms with Crippen LogP contribution in [0.1, 0.15) is 0 Å². The molecule has 0 fully saturated rings. The van der Waals surface area contributed by atoms with Crippen molar-refractivity contribution >= 4 is 51.9 Å². The molecule has 0 aliphatic heterocycles. The molecule has 0 saturated heterocycles. The number of hydrogen-bond acceptors (Lipinski definition) is 0. The second kappa shape index (κ2) is 8.89. The molecule has 0 saturated carbocycles. The van der Waals surface area contributed by atoms with Crippen molar-refractivity contribution in [1.29, 1.82) is 0 Å². The maximum absolute atomic E-state index is 5.00. The molecule has 0 aromatic carbocycles. The van der Waals surface area contributed by atoms with E-state index in [1.807, 2.05) is 0 Å². The van der Waals surface area contributed by atoms with E-state index in [4.69, 9.17) is 26.8 Å². The molecule has 0 heterocycles. The van der Waals surface area contributed by atoms with Crippen LogP contribution in [-0.2, 0) is 0 Å². The van der Waals surface area contributed by atoms with Crippen molar-refractivity contribution < 1.29 is 0 Å². The molecule has 0 aliphatic rings.